The van der Waals surface area contributed by atoms with E-state index >= 15 is 0 Å². The van der Waals surface area contributed by atoms with Crippen LogP contribution in [0.3, 0.4) is 0 Å². The first-order valence-electron chi connectivity index (χ1n) is 9.50. The zero-order valence-electron chi connectivity index (χ0n) is 16.3. The van der Waals surface area contributed by atoms with Gasteiger partial charge in [-0.1, -0.05) is 29.8 Å². The zero-order chi connectivity index (χ0) is 18.1. The molecule has 154 valence electrons. The summed E-state index contributed by atoms with van der Waals surface area (Å²) in [6, 6.07) is 11.2. The third kappa shape index (κ3) is 5.26. The smallest absolute Gasteiger partial charge is 0.222 e. The van der Waals surface area contributed by atoms with Crippen LogP contribution in [0.5, 0.6) is 0 Å². The van der Waals surface area contributed by atoms with Gasteiger partial charge in [-0.25, -0.2) is 4.98 Å². The lowest BCUT2D eigenvalue weighted by molar-refractivity contribution is 0.249. The Hall–Kier alpha value is -1.60. The average molecular weight is 425 g/mol. The van der Waals surface area contributed by atoms with Crippen molar-refractivity contribution in [2.45, 2.75) is 38.3 Å². The van der Waals surface area contributed by atoms with Crippen LogP contribution in [0.2, 0.25) is 0 Å². The molecule has 1 saturated heterocycles. The highest BCUT2D eigenvalue weighted by Gasteiger charge is 2.29. The van der Waals surface area contributed by atoms with Gasteiger partial charge >= 0.3 is 0 Å². The number of nitrogen functional groups attached to an aromatic ring is 1. The van der Waals surface area contributed by atoms with Crippen LogP contribution in [0.15, 0.2) is 30.3 Å². The normalized spacial score (nSPS) is 22.0. The van der Waals surface area contributed by atoms with Gasteiger partial charge in [-0.15, -0.1) is 24.8 Å². The van der Waals surface area contributed by atoms with E-state index in [4.69, 9.17) is 11.5 Å². The molecule has 1 aromatic heterocycles. The van der Waals surface area contributed by atoms with Crippen LogP contribution in [0, 0.1) is 6.92 Å². The van der Waals surface area contributed by atoms with E-state index in [0.29, 0.717) is 17.9 Å². The third-order valence-electron chi connectivity index (χ3n) is 5.53. The minimum absolute atomic E-state index is 0. The number of halogens is 2. The van der Waals surface area contributed by atoms with E-state index in [1.54, 1.807) is 0 Å². The van der Waals surface area contributed by atoms with Gasteiger partial charge in [0, 0.05) is 50.7 Å². The van der Waals surface area contributed by atoms with E-state index in [0.717, 1.165) is 57.1 Å². The second kappa shape index (κ2) is 9.74. The number of aromatic nitrogens is 2. The van der Waals surface area contributed by atoms with Crippen LogP contribution in [0.1, 0.15) is 35.6 Å². The molecule has 0 unspecified atom stereocenters. The van der Waals surface area contributed by atoms with Crippen molar-refractivity contribution < 1.29 is 0 Å². The van der Waals surface area contributed by atoms with Crippen molar-refractivity contribution in [3.05, 3.63) is 47.2 Å². The topological polar surface area (TPSA) is 84.3 Å². The van der Waals surface area contributed by atoms with E-state index in [9.17, 15) is 0 Å². The highest BCUT2D eigenvalue weighted by atomic mass is 35.5. The van der Waals surface area contributed by atoms with Crippen molar-refractivity contribution in [3.8, 4) is 0 Å². The monoisotopic (exact) mass is 424 g/mol. The van der Waals surface area contributed by atoms with Crippen LogP contribution in [0.4, 0.5) is 11.8 Å². The van der Waals surface area contributed by atoms with Gasteiger partial charge in [-0.3, -0.25) is 4.90 Å². The zero-order valence-corrected chi connectivity index (χ0v) is 17.9. The molecule has 0 spiro atoms. The first-order valence-corrected chi connectivity index (χ1v) is 9.50. The van der Waals surface area contributed by atoms with Gasteiger partial charge in [0.1, 0.15) is 5.82 Å². The Balaban J connectivity index is 0.00000140. The fraction of sp³-hybridized carbons (Fsp3) is 0.500. The van der Waals surface area contributed by atoms with Crippen molar-refractivity contribution in [1.29, 1.82) is 0 Å². The molecule has 0 radical (unpaired) electrons. The summed E-state index contributed by atoms with van der Waals surface area (Å²) in [5.74, 6) is 1.78. The van der Waals surface area contributed by atoms with Crippen molar-refractivity contribution in [1.82, 2.24) is 14.9 Å². The molecule has 2 aliphatic rings. The Kier molecular flexibility index (Phi) is 7.89. The van der Waals surface area contributed by atoms with Crippen molar-refractivity contribution in [2.75, 3.05) is 36.8 Å². The third-order valence-corrected chi connectivity index (χ3v) is 5.53. The summed E-state index contributed by atoms with van der Waals surface area (Å²) >= 11 is 0. The fourth-order valence-electron chi connectivity index (χ4n) is 3.95. The molecular formula is C20H30Cl2N6. The molecule has 1 aliphatic heterocycles. The van der Waals surface area contributed by atoms with E-state index in [1.165, 1.54) is 11.1 Å². The number of hydrogen-bond donors (Lipinski definition) is 2. The van der Waals surface area contributed by atoms with Gasteiger partial charge in [-0.05, 0) is 25.3 Å². The Morgan fingerprint density at radius 1 is 1.04 bits per heavy atom. The summed E-state index contributed by atoms with van der Waals surface area (Å²) < 4.78 is 0. The molecule has 1 saturated carbocycles. The Morgan fingerprint density at radius 2 is 1.75 bits per heavy atom. The number of rotatable bonds is 4. The van der Waals surface area contributed by atoms with Crippen LogP contribution < -0.4 is 16.4 Å². The van der Waals surface area contributed by atoms with Crippen molar-refractivity contribution in [2.24, 2.45) is 5.73 Å². The standard InChI is InChI=1S/C20H28N6.2ClH/c1-14-3-2-4-15(9-14)13-25-5-7-26(8-6-25)19-12-18(23-20(22)24-19)16-10-17(21)11-16;;/h2-4,9,12,16-17H,5-8,10-11,13,21H2,1H3,(H2,22,23,24);2*1H. The van der Waals surface area contributed by atoms with Gasteiger partial charge in [0.15, 0.2) is 0 Å². The molecule has 6 nitrogen and oxygen atoms in total. The largest absolute Gasteiger partial charge is 0.368 e. The second-order valence-corrected chi connectivity index (χ2v) is 7.69. The lowest BCUT2D eigenvalue weighted by Crippen LogP contribution is -2.46. The predicted octanol–water partition coefficient (Wildman–Crippen LogP) is 2.74. The highest BCUT2D eigenvalue weighted by Crippen LogP contribution is 2.36. The van der Waals surface area contributed by atoms with E-state index < -0.39 is 0 Å². The molecule has 2 fully saturated rings. The summed E-state index contributed by atoms with van der Waals surface area (Å²) in [4.78, 5) is 13.7. The maximum Gasteiger partial charge on any atom is 0.222 e. The summed E-state index contributed by atoms with van der Waals surface area (Å²) in [6.45, 7) is 7.14. The lowest BCUT2D eigenvalue weighted by atomic mass is 9.78. The lowest BCUT2D eigenvalue weighted by Gasteiger charge is -2.36. The first kappa shape index (κ1) is 22.7. The number of anilines is 2. The summed E-state index contributed by atoms with van der Waals surface area (Å²) in [5, 5.41) is 0. The molecule has 4 rings (SSSR count). The van der Waals surface area contributed by atoms with Crippen LogP contribution >= 0.6 is 24.8 Å². The molecule has 1 aromatic carbocycles. The van der Waals surface area contributed by atoms with Crippen LogP contribution in [-0.2, 0) is 6.54 Å². The van der Waals surface area contributed by atoms with E-state index in [2.05, 4.69) is 57.0 Å². The van der Waals surface area contributed by atoms with Crippen molar-refractivity contribution in [3.63, 3.8) is 0 Å². The van der Waals surface area contributed by atoms with Gasteiger partial charge in [0.2, 0.25) is 5.95 Å². The molecule has 2 aromatic rings. The van der Waals surface area contributed by atoms with Gasteiger partial charge < -0.3 is 16.4 Å². The first-order chi connectivity index (χ1) is 12.6. The van der Waals surface area contributed by atoms with Gasteiger partial charge in [-0.2, -0.15) is 4.98 Å². The number of aryl methyl sites for hydroxylation is 1. The number of piperazine rings is 1. The fourth-order valence-corrected chi connectivity index (χ4v) is 3.95. The molecule has 8 heteroatoms. The molecule has 1 aliphatic carbocycles. The molecule has 2 heterocycles. The number of hydrogen-bond acceptors (Lipinski definition) is 6. The molecule has 0 atom stereocenters. The second-order valence-electron chi connectivity index (χ2n) is 7.69. The highest BCUT2D eigenvalue weighted by molar-refractivity contribution is 5.85. The SMILES string of the molecule is Cc1cccc(CN2CCN(c3cc(C4CC(N)C4)nc(N)n3)CC2)c1.Cl.Cl. The van der Waals surface area contributed by atoms with E-state index in [-0.39, 0.29) is 24.8 Å². The van der Waals surface area contributed by atoms with Crippen LogP contribution in [-0.4, -0.2) is 47.1 Å². The average Bonchev–Trinajstić information content (AvgIpc) is 2.59. The number of nitrogens with zero attached hydrogens (tertiary/aromatic N) is 4. The predicted molar refractivity (Wildman–Crippen MR) is 120 cm³/mol. The quantitative estimate of drug-likeness (QED) is 0.784. The van der Waals surface area contributed by atoms with Gasteiger partial charge in [0.05, 0.1) is 5.69 Å². The summed E-state index contributed by atoms with van der Waals surface area (Å²) in [7, 11) is 0. The minimum atomic E-state index is 0. The molecule has 0 amide bonds. The number of benzene rings is 1. The maximum atomic E-state index is 5.97. The van der Waals surface area contributed by atoms with Gasteiger partial charge in [0.25, 0.3) is 0 Å². The molecule has 28 heavy (non-hydrogen) atoms. The number of nitrogens with two attached hydrogens (primary N) is 2. The Morgan fingerprint density at radius 3 is 2.39 bits per heavy atom. The summed E-state index contributed by atoms with van der Waals surface area (Å²) in [5.41, 5.74) is 15.6. The molecule has 0 bridgehead atoms. The molecule has 4 N–H and O–H groups in total. The minimum Gasteiger partial charge on any atom is -0.368 e. The van der Waals surface area contributed by atoms with E-state index in [1.807, 2.05) is 0 Å². The van der Waals surface area contributed by atoms with Crippen LogP contribution in [0.25, 0.3) is 0 Å². The summed E-state index contributed by atoms with van der Waals surface area (Å²) in [6.07, 6.45) is 2.00. The maximum absolute atomic E-state index is 5.97. The Labute approximate surface area is 179 Å². The van der Waals surface area contributed by atoms with Crippen molar-refractivity contribution >= 4 is 36.6 Å². The molecular weight excluding hydrogens is 395 g/mol. The Bertz CT molecular complexity index is 773.